The van der Waals surface area contributed by atoms with E-state index < -0.39 is 0 Å². The molecule has 1 heterocycles. The predicted molar refractivity (Wildman–Crippen MR) is 79.4 cm³/mol. The molecule has 0 saturated heterocycles. The van der Waals surface area contributed by atoms with Crippen molar-refractivity contribution < 1.29 is 9.90 Å². The minimum Gasteiger partial charge on any atom is -0.397 e. The number of nitrogens with two attached hydrogens (primary N) is 1. The summed E-state index contributed by atoms with van der Waals surface area (Å²) in [5.41, 5.74) is 6.53. The molecule has 0 saturated carbocycles. The van der Waals surface area contributed by atoms with E-state index in [2.05, 4.69) is 5.32 Å². The summed E-state index contributed by atoms with van der Waals surface area (Å²) in [6, 6.07) is 7.42. The minimum absolute atomic E-state index is 0.0752. The number of fused-ring (bicyclic) bond motifs is 1. The summed E-state index contributed by atoms with van der Waals surface area (Å²) in [7, 11) is 0. The van der Waals surface area contributed by atoms with Gasteiger partial charge in [0.25, 0.3) is 5.91 Å². The molecule has 1 aromatic heterocycles. The number of benzene rings is 1. The fourth-order valence-corrected chi connectivity index (χ4v) is 2.92. The summed E-state index contributed by atoms with van der Waals surface area (Å²) in [6.07, 6.45) is 0. The lowest BCUT2D eigenvalue weighted by Crippen LogP contribution is -2.41. The number of thiophene rings is 1. The predicted octanol–water partition coefficient (Wildman–Crippen LogP) is 2.23. The number of carbonyl (C=O) groups excluding carboxylic acids is 1. The van der Waals surface area contributed by atoms with E-state index in [1.807, 2.05) is 38.1 Å². The Kier molecular flexibility index (Phi) is 4.07. The van der Waals surface area contributed by atoms with Gasteiger partial charge in [-0.15, -0.1) is 11.3 Å². The molecule has 0 aliphatic carbocycles. The van der Waals surface area contributed by atoms with Crippen LogP contribution in [-0.4, -0.2) is 23.7 Å². The molecule has 0 bridgehead atoms. The first kappa shape index (κ1) is 13.8. The highest BCUT2D eigenvalue weighted by atomic mass is 32.1. The van der Waals surface area contributed by atoms with Gasteiger partial charge in [0.1, 0.15) is 4.88 Å². The number of rotatable bonds is 4. The molecule has 2 rings (SSSR count). The van der Waals surface area contributed by atoms with Gasteiger partial charge >= 0.3 is 0 Å². The molecule has 0 aliphatic rings. The van der Waals surface area contributed by atoms with E-state index in [-0.39, 0.29) is 24.5 Å². The van der Waals surface area contributed by atoms with Gasteiger partial charge in [-0.3, -0.25) is 4.79 Å². The van der Waals surface area contributed by atoms with Crippen LogP contribution < -0.4 is 11.1 Å². The van der Waals surface area contributed by atoms with E-state index in [0.29, 0.717) is 10.6 Å². The van der Waals surface area contributed by atoms with Gasteiger partial charge in [-0.05, 0) is 12.0 Å². The molecule has 4 nitrogen and oxygen atoms in total. The molecule has 1 aromatic carbocycles. The van der Waals surface area contributed by atoms with Crippen molar-refractivity contribution in [1.82, 2.24) is 5.32 Å². The number of amides is 1. The zero-order chi connectivity index (χ0) is 14.0. The molecule has 4 N–H and O–H groups in total. The number of hydrogen-bond acceptors (Lipinski definition) is 4. The number of nitrogens with one attached hydrogen (secondary N) is 1. The second-order valence-electron chi connectivity index (χ2n) is 4.85. The first-order valence-corrected chi connectivity index (χ1v) is 7.05. The van der Waals surface area contributed by atoms with Crippen molar-refractivity contribution in [3.63, 3.8) is 0 Å². The SMILES string of the molecule is CC(C)C(CO)NC(=O)c1sc2ccccc2c1N. The topological polar surface area (TPSA) is 75.3 Å². The molecule has 102 valence electrons. The fourth-order valence-electron chi connectivity index (χ4n) is 1.89. The van der Waals surface area contributed by atoms with E-state index in [4.69, 9.17) is 5.73 Å². The maximum absolute atomic E-state index is 12.2. The molecule has 1 atom stereocenters. The van der Waals surface area contributed by atoms with Gasteiger partial charge in [0.05, 0.1) is 18.3 Å². The highest BCUT2D eigenvalue weighted by Gasteiger charge is 2.20. The normalized spacial score (nSPS) is 12.8. The van der Waals surface area contributed by atoms with Crippen LogP contribution in [0, 0.1) is 5.92 Å². The van der Waals surface area contributed by atoms with Gasteiger partial charge in [-0.1, -0.05) is 32.0 Å². The second kappa shape index (κ2) is 5.59. The lowest BCUT2D eigenvalue weighted by atomic mass is 10.1. The number of hydrogen-bond donors (Lipinski definition) is 3. The van der Waals surface area contributed by atoms with Crippen molar-refractivity contribution in [1.29, 1.82) is 0 Å². The number of carbonyl (C=O) groups is 1. The standard InChI is InChI=1S/C14H18N2O2S/c1-8(2)10(7-17)16-14(18)13-12(15)9-5-3-4-6-11(9)19-13/h3-6,8,10,17H,7,15H2,1-2H3,(H,16,18). The third-order valence-corrected chi connectivity index (χ3v) is 4.34. The number of anilines is 1. The van der Waals surface area contributed by atoms with Crippen LogP contribution in [0.15, 0.2) is 24.3 Å². The molecule has 1 amide bonds. The van der Waals surface area contributed by atoms with Crippen molar-refractivity contribution in [3.05, 3.63) is 29.1 Å². The first-order chi connectivity index (χ1) is 9.04. The monoisotopic (exact) mass is 278 g/mol. The third-order valence-electron chi connectivity index (χ3n) is 3.16. The van der Waals surface area contributed by atoms with E-state index >= 15 is 0 Å². The van der Waals surface area contributed by atoms with Crippen LogP contribution >= 0.6 is 11.3 Å². The van der Waals surface area contributed by atoms with Crippen molar-refractivity contribution in [2.45, 2.75) is 19.9 Å². The molecule has 0 spiro atoms. The summed E-state index contributed by atoms with van der Waals surface area (Å²) in [6.45, 7) is 3.83. The van der Waals surface area contributed by atoms with Crippen LogP contribution in [0.1, 0.15) is 23.5 Å². The van der Waals surface area contributed by atoms with Crippen molar-refractivity contribution in [2.24, 2.45) is 5.92 Å². The quantitative estimate of drug-likeness (QED) is 0.802. The highest BCUT2D eigenvalue weighted by molar-refractivity contribution is 7.21. The average Bonchev–Trinajstić information content (AvgIpc) is 2.73. The summed E-state index contributed by atoms with van der Waals surface area (Å²) >= 11 is 1.38. The third kappa shape index (κ3) is 2.72. The second-order valence-corrected chi connectivity index (χ2v) is 5.90. The summed E-state index contributed by atoms with van der Waals surface area (Å²) in [4.78, 5) is 12.7. The Morgan fingerprint density at radius 1 is 1.42 bits per heavy atom. The lowest BCUT2D eigenvalue weighted by molar-refractivity contribution is 0.0902. The van der Waals surface area contributed by atoms with Crippen molar-refractivity contribution in [2.75, 3.05) is 12.3 Å². The van der Waals surface area contributed by atoms with Gasteiger partial charge in [0.15, 0.2) is 0 Å². The molecule has 1 unspecified atom stereocenters. The Morgan fingerprint density at radius 3 is 2.68 bits per heavy atom. The molecular formula is C14H18N2O2S. The van der Waals surface area contributed by atoms with E-state index in [1.165, 1.54) is 11.3 Å². The van der Waals surface area contributed by atoms with Crippen molar-refractivity contribution in [3.8, 4) is 0 Å². The Balaban J connectivity index is 2.29. The molecule has 2 aromatic rings. The van der Waals surface area contributed by atoms with Crippen LogP contribution in [0.3, 0.4) is 0 Å². The Labute approximate surface area is 116 Å². The van der Waals surface area contributed by atoms with E-state index in [0.717, 1.165) is 10.1 Å². The maximum atomic E-state index is 12.2. The number of nitrogen functional groups attached to an aromatic ring is 1. The Hall–Kier alpha value is -1.59. The minimum atomic E-state index is -0.253. The van der Waals surface area contributed by atoms with Crippen LogP contribution in [0.25, 0.3) is 10.1 Å². The van der Waals surface area contributed by atoms with Crippen LogP contribution in [0.4, 0.5) is 5.69 Å². The molecule has 19 heavy (non-hydrogen) atoms. The largest absolute Gasteiger partial charge is 0.397 e. The molecular weight excluding hydrogens is 260 g/mol. The van der Waals surface area contributed by atoms with E-state index in [1.54, 1.807) is 0 Å². The van der Waals surface area contributed by atoms with Gasteiger partial charge in [0.2, 0.25) is 0 Å². The maximum Gasteiger partial charge on any atom is 0.263 e. The van der Waals surface area contributed by atoms with Crippen LogP contribution in [0.5, 0.6) is 0 Å². The Bertz CT molecular complexity index is 592. The molecule has 0 radical (unpaired) electrons. The first-order valence-electron chi connectivity index (χ1n) is 6.23. The highest BCUT2D eigenvalue weighted by Crippen LogP contribution is 2.33. The average molecular weight is 278 g/mol. The molecule has 5 heteroatoms. The zero-order valence-electron chi connectivity index (χ0n) is 11.0. The van der Waals surface area contributed by atoms with Crippen molar-refractivity contribution >= 4 is 33.0 Å². The number of aliphatic hydroxyl groups is 1. The van der Waals surface area contributed by atoms with Crippen LogP contribution in [0.2, 0.25) is 0 Å². The van der Waals surface area contributed by atoms with Gasteiger partial charge < -0.3 is 16.2 Å². The molecule has 0 aliphatic heterocycles. The zero-order valence-corrected chi connectivity index (χ0v) is 11.8. The van der Waals surface area contributed by atoms with Gasteiger partial charge in [-0.2, -0.15) is 0 Å². The smallest absolute Gasteiger partial charge is 0.263 e. The summed E-state index contributed by atoms with van der Waals surface area (Å²) < 4.78 is 0.996. The van der Waals surface area contributed by atoms with Gasteiger partial charge in [0, 0.05) is 10.1 Å². The Morgan fingerprint density at radius 2 is 2.11 bits per heavy atom. The van der Waals surface area contributed by atoms with E-state index in [9.17, 15) is 9.90 Å². The fraction of sp³-hybridized carbons (Fsp3) is 0.357. The lowest BCUT2D eigenvalue weighted by Gasteiger charge is -2.19. The number of aliphatic hydroxyl groups excluding tert-OH is 1. The summed E-state index contributed by atoms with van der Waals surface area (Å²) in [5, 5.41) is 13.0. The van der Waals surface area contributed by atoms with Crippen LogP contribution in [-0.2, 0) is 0 Å². The summed E-state index contributed by atoms with van der Waals surface area (Å²) in [5.74, 6) is -0.0454. The molecule has 0 fully saturated rings. The van der Waals surface area contributed by atoms with Gasteiger partial charge in [-0.25, -0.2) is 0 Å².